The summed E-state index contributed by atoms with van der Waals surface area (Å²) < 4.78 is 13.4. The normalized spacial score (nSPS) is 11.5. The Morgan fingerprint density at radius 2 is 2.00 bits per heavy atom. The van der Waals surface area contributed by atoms with E-state index in [1.165, 1.54) is 26.0 Å². The quantitative estimate of drug-likeness (QED) is 0.873. The summed E-state index contributed by atoms with van der Waals surface area (Å²) in [5.41, 5.74) is -1.28. The van der Waals surface area contributed by atoms with Gasteiger partial charge >= 0.3 is 5.97 Å². The molecule has 3 nitrogen and oxygen atoms in total. The molecule has 0 aliphatic carbocycles. The number of benzene rings is 1. The maximum absolute atomic E-state index is 13.3. The van der Waals surface area contributed by atoms with Crippen LogP contribution >= 0.6 is 15.9 Å². The largest absolute Gasteiger partial charge is 0.505 e. The molecule has 1 aromatic rings. The molecule has 0 bridgehead atoms. The number of aromatic hydroxyl groups is 1. The van der Waals surface area contributed by atoms with Gasteiger partial charge in [0.15, 0.2) is 11.6 Å². The van der Waals surface area contributed by atoms with E-state index in [9.17, 15) is 14.3 Å². The first-order chi connectivity index (χ1) is 6.78. The zero-order valence-electron chi connectivity index (χ0n) is 8.21. The number of phenols is 1. The molecule has 0 radical (unpaired) electrons. The summed E-state index contributed by atoms with van der Waals surface area (Å²) in [5, 5.41) is 18.4. The summed E-state index contributed by atoms with van der Waals surface area (Å²) in [5.74, 6) is -2.60. The maximum atomic E-state index is 13.3. The smallest absolute Gasteiger partial charge is 0.313 e. The highest BCUT2D eigenvalue weighted by Gasteiger charge is 2.33. The predicted octanol–water partition coefficient (Wildman–Crippen LogP) is 2.66. The molecule has 5 heteroatoms. The van der Waals surface area contributed by atoms with Crippen LogP contribution in [-0.4, -0.2) is 16.2 Å². The van der Waals surface area contributed by atoms with Crippen molar-refractivity contribution in [2.24, 2.45) is 0 Å². The van der Waals surface area contributed by atoms with E-state index in [1.54, 1.807) is 0 Å². The Labute approximate surface area is 94.7 Å². The summed E-state index contributed by atoms with van der Waals surface area (Å²) in [6.45, 7) is 2.80. The Bertz CT molecular complexity index is 415. The van der Waals surface area contributed by atoms with Crippen LogP contribution in [-0.2, 0) is 10.2 Å². The second-order valence-corrected chi connectivity index (χ2v) is 4.54. The Kier molecular flexibility index (Phi) is 3.04. The number of carboxylic acid groups (broad SMARTS) is 1. The van der Waals surface area contributed by atoms with Crippen molar-refractivity contribution in [2.45, 2.75) is 19.3 Å². The summed E-state index contributed by atoms with van der Waals surface area (Å²) >= 11 is 2.90. The number of rotatable bonds is 2. The molecule has 0 aliphatic rings. The Morgan fingerprint density at radius 3 is 2.47 bits per heavy atom. The van der Waals surface area contributed by atoms with Crippen molar-refractivity contribution >= 4 is 21.9 Å². The van der Waals surface area contributed by atoms with Crippen LogP contribution in [0.2, 0.25) is 0 Å². The van der Waals surface area contributed by atoms with E-state index in [-0.39, 0.29) is 10.0 Å². The van der Waals surface area contributed by atoms with Crippen molar-refractivity contribution < 1.29 is 19.4 Å². The molecule has 0 amide bonds. The van der Waals surface area contributed by atoms with Crippen LogP contribution in [0.15, 0.2) is 16.6 Å². The molecule has 2 N–H and O–H groups in total. The third-order valence-corrected chi connectivity index (χ3v) is 2.89. The van der Waals surface area contributed by atoms with Gasteiger partial charge in [-0.25, -0.2) is 4.39 Å². The van der Waals surface area contributed by atoms with Gasteiger partial charge in [-0.2, -0.15) is 0 Å². The lowest BCUT2D eigenvalue weighted by Crippen LogP contribution is -2.28. The van der Waals surface area contributed by atoms with Gasteiger partial charge in [0.2, 0.25) is 0 Å². The Balaban J connectivity index is 3.40. The second kappa shape index (κ2) is 3.81. The lowest BCUT2D eigenvalue weighted by molar-refractivity contribution is -0.142. The topological polar surface area (TPSA) is 57.5 Å². The molecule has 82 valence electrons. The Hall–Kier alpha value is -1.10. The van der Waals surface area contributed by atoms with Crippen LogP contribution < -0.4 is 0 Å². The number of carbonyl (C=O) groups is 1. The van der Waals surface area contributed by atoms with Crippen molar-refractivity contribution in [1.82, 2.24) is 0 Å². The van der Waals surface area contributed by atoms with E-state index < -0.39 is 23.0 Å². The first-order valence-electron chi connectivity index (χ1n) is 4.19. The van der Waals surface area contributed by atoms with Crippen LogP contribution in [0, 0.1) is 5.82 Å². The first-order valence-corrected chi connectivity index (χ1v) is 4.98. The van der Waals surface area contributed by atoms with E-state index in [0.717, 1.165) is 0 Å². The fourth-order valence-corrected chi connectivity index (χ4v) is 1.48. The number of aliphatic carboxylic acids is 1. The third kappa shape index (κ3) is 1.97. The Morgan fingerprint density at radius 1 is 1.47 bits per heavy atom. The van der Waals surface area contributed by atoms with Crippen molar-refractivity contribution in [3.05, 3.63) is 28.0 Å². The van der Waals surface area contributed by atoms with Crippen LogP contribution in [0.4, 0.5) is 4.39 Å². The van der Waals surface area contributed by atoms with Gasteiger partial charge in [-0.1, -0.05) is 6.07 Å². The van der Waals surface area contributed by atoms with Gasteiger partial charge in [0, 0.05) is 5.56 Å². The van der Waals surface area contributed by atoms with Gasteiger partial charge < -0.3 is 10.2 Å². The summed E-state index contributed by atoms with van der Waals surface area (Å²) in [6.07, 6.45) is 0. The number of carboxylic acids is 1. The van der Waals surface area contributed by atoms with E-state index >= 15 is 0 Å². The van der Waals surface area contributed by atoms with Crippen molar-refractivity contribution in [2.75, 3.05) is 0 Å². The lowest BCUT2D eigenvalue weighted by atomic mass is 9.84. The van der Waals surface area contributed by atoms with Crippen LogP contribution in [0.1, 0.15) is 19.4 Å². The fraction of sp³-hybridized carbons (Fsp3) is 0.300. The van der Waals surface area contributed by atoms with Gasteiger partial charge in [-0.3, -0.25) is 4.79 Å². The molecule has 0 fully saturated rings. The molecule has 0 atom stereocenters. The van der Waals surface area contributed by atoms with Crippen molar-refractivity contribution in [1.29, 1.82) is 0 Å². The number of halogens is 2. The monoisotopic (exact) mass is 276 g/mol. The molecule has 1 rings (SSSR count). The van der Waals surface area contributed by atoms with Crippen LogP contribution in [0.3, 0.4) is 0 Å². The van der Waals surface area contributed by atoms with Crippen LogP contribution in [0.5, 0.6) is 5.75 Å². The SMILES string of the molecule is CC(C)(C(=O)O)c1ccc(Br)c(F)c1O. The number of phenolic OH excluding ortho intramolecular Hbond substituents is 1. The van der Waals surface area contributed by atoms with Gasteiger partial charge in [0.25, 0.3) is 0 Å². The van der Waals surface area contributed by atoms with E-state index in [4.69, 9.17) is 5.11 Å². The molecule has 0 heterocycles. The first kappa shape index (κ1) is 12.0. The van der Waals surface area contributed by atoms with E-state index in [1.807, 2.05) is 0 Å². The summed E-state index contributed by atoms with van der Waals surface area (Å²) in [7, 11) is 0. The molecule has 0 saturated heterocycles. The fourth-order valence-electron chi connectivity index (χ4n) is 1.16. The third-order valence-electron chi connectivity index (χ3n) is 2.28. The molecule has 0 spiro atoms. The minimum atomic E-state index is -1.33. The predicted molar refractivity (Wildman–Crippen MR) is 56.4 cm³/mol. The molecular formula is C10H10BrFO3. The minimum absolute atomic E-state index is 0.0516. The highest BCUT2D eigenvalue weighted by atomic mass is 79.9. The standard InChI is InChI=1S/C10H10BrFO3/c1-10(2,9(14)15)5-3-4-6(11)7(12)8(5)13/h3-4,13H,1-2H3,(H,14,15). The van der Waals surface area contributed by atoms with Crippen molar-refractivity contribution in [3.63, 3.8) is 0 Å². The molecule has 0 aromatic heterocycles. The summed E-state index contributed by atoms with van der Waals surface area (Å²) in [6, 6.07) is 2.76. The van der Waals surface area contributed by atoms with E-state index in [2.05, 4.69) is 15.9 Å². The van der Waals surface area contributed by atoms with Gasteiger partial charge in [0.05, 0.1) is 9.89 Å². The highest BCUT2D eigenvalue weighted by Crippen LogP contribution is 2.35. The highest BCUT2D eigenvalue weighted by molar-refractivity contribution is 9.10. The zero-order valence-corrected chi connectivity index (χ0v) is 9.80. The molecule has 1 aromatic carbocycles. The second-order valence-electron chi connectivity index (χ2n) is 3.69. The van der Waals surface area contributed by atoms with Gasteiger partial charge in [0.1, 0.15) is 0 Å². The molecule has 0 unspecified atom stereocenters. The molecule has 15 heavy (non-hydrogen) atoms. The van der Waals surface area contributed by atoms with Gasteiger partial charge in [-0.05, 0) is 35.8 Å². The van der Waals surface area contributed by atoms with E-state index in [0.29, 0.717) is 0 Å². The number of hydrogen-bond acceptors (Lipinski definition) is 2. The average molecular weight is 277 g/mol. The van der Waals surface area contributed by atoms with Crippen molar-refractivity contribution in [3.8, 4) is 5.75 Å². The zero-order chi connectivity index (χ0) is 11.8. The van der Waals surface area contributed by atoms with Gasteiger partial charge in [-0.15, -0.1) is 0 Å². The lowest BCUT2D eigenvalue weighted by Gasteiger charge is -2.21. The summed E-state index contributed by atoms with van der Waals surface area (Å²) in [4.78, 5) is 10.9. The molecule has 0 aliphatic heterocycles. The average Bonchev–Trinajstić information content (AvgIpc) is 2.13. The maximum Gasteiger partial charge on any atom is 0.313 e. The number of hydrogen-bond donors (Lipinski definition) is 2. The minimum Gasteiger partial charge on any atom is -0.505 e. The molecule has 0 saturated carbocycles. The van der Waals surface area contributed by atoms with Crippen LogP contribution in [0.25, 0.3) is 0 Å². The molecular weight excluding hydrogens is 267 g/mol.